The normalized spacial score (nSPS) is 16.4. The predicted octanol–water partition coefficient (Wildman–Crippen LogP) is 2.30. The number of aryl methyl sites for hydroxylation is 1. The molecule has 0 bridgehead atoms. The fraction of sp³-hybridized carbons (Fsp3) is 0.286. The van der Waals surface area contributed by atoms with E-state index in [0.29, 0.717) is 29.6 Å². The average Bonchev–Trinajstić information content (AvgIpc) is 3.20. The minimum atomic E-state index is -0.182. The van der Waals surface area contributed by atoms with Crippen molar-refractivity contribution in [2.24, 2.45) is 13.0 Å². The van der Waals surface area contributed by atoms with E-state index >= 15 is 0 Å². The smallest absolute Gasteiger partial charge is 0.229 e. The molecule has 148 valence electrons. The number of nitrogens with one attached hydrogen (secondary N) is 1. The van der Waals surface area contributed by atoms with Gasteiger partial charge in [0.05, 0.1) is 5.92 Å². The SMILES string of the molecule is Cn1ccnc1C(=O)c1cccc(NC(=O)C2CCCN(c3ncccn3)C2)c1. The van der Waals surface area contributed by atoms with Gasteiger partial charge in [-0.2, -0.15) is 0 Å². The molecule has 3 heterocycles. The molecule has 29 heavy (non-hydrogen) atoms. The van der Waals surface area contributed by atoms with E-state index in [4.69, 9.17) is 0 Å². The van der Waals surface area contributed by atoms with Crippen molar-refractivity contribution in [2.75, 3.05) is 23.3 Å². The molecule has 1 unspecified atom stereocenters. The number of anilines is 2. The highest BCUT2D eigenvalue weighted by atomic mass is 16.2. The van der Waals surface area contributed by atoms with Gasteiger partial charge in [-0.15, -0.1) is 0 Å². The van der Waals surface area contributed by atoms with Gasteiger partial charge < -0.3 is 14.8 Å². The van der Waals surface area contributed by atoms with Crippen molar-refractivity contribution in [3.05, 3.63) is 66.5 Å². The highest BCUT2D eigenvalue weighted by molar-refractivity contribution is 6.07. The van der Waals surface area contributed by atoms with Gasteiger partial charge in [0.15, 0.2) is 5.82 Å². The van der Waals surface area contributed by atoms with E-state index in [1.807, 2.05) is 4.90 Å². The van der Waals surface area contributed by atoms with Crippen LogP contribution in [-0.4, -0.2) is 44.3 Å². The zero-order chi connectivity index (χ0) is 20.2. The Labute approximate surface area is 168 Å². The maximum Gasteiger partial charge on any atom is 0.229 e. The van der Waals surface area contributed by atoms with Crippen molar-refractivity contribution < 1.29 is 9.59 Å². The van der Waals surface area contributed by atoms with Crippen LogP contribution in [-0.2, 0) is 11.8 Å². The summed E-state index contributed by atoms with van der Waals surface area (Å²) in [5.74, 6) is 0.597. The minimum absolute atomic E-state index is 0.0628. The van der Waals surface area contributed by atoms with Crippen LogP contribution in [0.3, 0.4) is 0 Å². The molecule has 2 aromatic heterocycles. The Hall–Kier alpha value is -3.55. The third kappa shape index (κ3) is 4.16. The minimum Gasteiger partial charge on any atom is -0.340 e. The molecule has 4 rings (SSSR count). The molecule has 1 fully saturated rings. The number of ketones is 1. The van der Waals surface area contributed by atoms with E-state index in [1.165, 1.54) is 0 Å². The fourth-order valence-electron chi connectivity index (χ4n) is 3.52. The fourth-order valence-corrected chi connectivity index (χ4v) is 3.52. The molecule has 0 aliphatic carbocycles. The van der Waals surface area contributed by atoms with Crippen molar-refractivity contribution in [3.63, 3.8) is 0 Å². The summed E-state index contributed by atoms with van der Waals surface area (Å²) in [4.78, 5) is 40.2. The molecule has 0 saturated carbocycles. The first-order valence-electron chi connectivity index (χ1n) is 9.57. The van der Waals surface area contributed by atoms with E-state index < -0.39 is 0 Å². The Morgan fingerprint density at radius 1 is 1.10 bits per heavy atom. The molecule has 1 aliphatic heterocycles. The highest BCUT2D eigenvalue weighted by Crippen LogP contribution is 2.22. The van der Waals surface area contributed by atoms with Crippen molar-refractivity contribution >= 4 is 23.3 Å². The van der Waals surface area contributed by atoms with Gasteiger partial charge in [0.1, 0.15) is 0 Å². The molecule has 1 aliphatic rings. The van der Waals surface area contributed by atoms with Crippen LogP contribution in [0.2, 0.25) is 0 Å². The quantitative estimate of drug-likeness (QED) is 0.672. The van der Waals surface area contributed by atoms with Gasteiger partial charge in [-0.05, 0) is 31.0 Å². The molecule has 1 atom stereocenters. The van der Waals surface area contributed by atoms with Crippen LogP contribution in [0.5, 0.6) is 0 Å². The molecular weight excluding hydrogens is 368 g/mol. The van der Waals surface area contributed by atoms with Gasteiger partial charge >= 0.3 is 0 Å². The van der Waals surface area contributed by atoms with Crippen molar-refractivity contribution in [3.8, 4) is 0 Å². The second-order valence-corrected chi connectivity index (χ2v) is 7.09. The Balaban J connectivity index is 1.44. The van der Waals surface area contributed by atoms with E-state index in [0.717, 1.165) is 19.4 Å². The molecule has 1 N–H and O–H groups in total. The molecule has 3 aromatic rings. The van der Waals surface area contributed by atoms with Crippen LogP contribution in [0.25, 0.3) is 0 Å². The number of carbonyl (C=O) groups is 2. The summed E-state index contributed by atoms with van der Waals surface area (Å²) in [6.45, 7) is 1.41. The average molecular weight is 390 g/mol. The molecule has 0 spiro atoms. The van der Waals surface area contributed by atoms with Crippen LogP contribution in [0, 0.1) is 5.92 Å². The van der Waals surface area contributed by atoms with Crippen LogP contribution >= 0.6 is 0 Å². The number of hydrogen-bond acceptors (Lipinski definition) is 6. The zero-order valence-electron chi connectivity index (χ0n) is 16.2. The summed E-state index contributed by atoms with van der Waals surface area (Å²) in [5.41, 5.74) is 1.09. The Morgan fingerprint density at radius 3 is 2.69 bits per heavy atom. The van der Waals surface area contributed by atoms with Crippen molar-refractivity contribution in [2.45, 2.75) is 12.8 Å². The number of piperidine rings is 1. The number of amides is 1. The lowest BCUT2D eigenvalue weighted by Crippen LogP contribution is -2.41. The third-order valence-corrected chi connectivity index (χ3v) is 5.04. The Kier molecular flexibility index (Phi) is 5.33. The molecule has 1 amide bonds. The van der Waals surface area contributed by atoms with E-state index in [9.17, 15) is 9.59 Å². The molecular formula is C21H22N6O2. The van der Waals surface area contributed by atoms with E-state index in [1.54, 1.807) is 66.7 Å². The largest absolute Gasteiger partial charge is 0.340 e. The van der Waals surface area contributed by atoms with Crippen LogP contribution in [0.15, 0.2) is 55.1 Å². The Morgan fingerprint density at radius 2 is 1.93 bits per heavy atom. The highest BCUT2D eigenvalue weighted by Gasteiger charge is 2.27. The number of carbonyl (C=O) groups excluding carboxylic acids is 2. The maximum absolute atomic E-state index is 12.8. The summed E-state index contributed by atoms with van der Waals surface area (Å²) in [6, 6.07) is 8.74. The van der Waals surface area contributed by atoms with Crippen LogP contribution in [0.1, 0.15) is 29.0 Å². The Bertz CT molecular complexity index is 1020. The lowest BCUT2D eigenvalue weighted by atomic mass is 9.97. The van der Waals surface area contributed by atoms with Gasteiger partial charge in [-0.25, -0.2) is 15.0 Å². The van der Waals surface area contributed by atoms with Gasteiger partial charge in [-0.3, -0.25) is 9.59 Å². The summed E-state index contributed by atoms with van der Waals surface area (Å²) >= 11 is 0. The number of imidazole rings is 1. The molecule has 1 aromatic carbocycles. The van der Waals surface area contributed by atoms with Crippen LogP contribution < -0.4 is 10.2 Å². The van der Waals surface area contributed by atoms with Gasteiger partial charge in [0.25, 0.3) is 0 Å². The lowest BCUT2D eigenvalue weighted by Gasteiger charge is -2.31. The summed E-state index contributed by atoms with van der Waals surface area (Å²) in [7, 11) is 1.77. The van der Waals surface area contributed by atoms with Crippen LogP contribution in [0.4, 0.5) is 11.6 Å². The summed E-state index contributed by atoms with van der Waals surface area (Å²) in [6.07, 6.45) is 8.43. The first-order valence-corrected chi connectivity index (χ1v) is 9.57. The zero-order valence-corrected chi connectivity index (χ0v) is 16.2. The summed E-state index contributed by atoms with van der Waals surface area (Å²) in [5, 5.41) is 2.95. The van der Waals surface area contributed by atoms with Crippen molar-refractivity contribution in [1.82, 2.24) is 19.5 Å². The molecule has 8 nitrogen and oxygen atoms in total. The second-order valence-electron chi connectivity index (χ2n) is 7.09. The first-order chi connectivity index (χ1) is 14.1. The van der Waals surface area contributed by atoms with E-state index in [-0.39, 0.29) is 17.6 Å². The standard InChI is InChI=1S/C21H22N6O2/c1-26-12-10-22-19(26)18(28)15-5-2-7-17(13-15)25-20(29)16-6-3-11-27(14-16)21-23-8-4-9-24-21/h2,4-5,7-10,12-13,16H,3,6,11,14H2,1H3,(H,25,29). The summed E-state index contributed by atoms with van der Waals surface area (Å²) < 4.78 is 1.68. The number of nitrogens with zero attached hydrogens (tertiary/aromatic N) is 5. The van der Waals surface area contributed by atoms with Gasteiger partial charge in [-0.1, -0.05) is 12.1 Å². The molecule has 1 saturated heterocycles. The van der Waals surface area contributed by atoms with Gasteiger partial charge in [0.2, 0.25) is 17.6 Å². The first kappa shape index (κ1) is 18.8. The lowest BCUT2D eigenvalue weighted by molar-refractivity contribution is -0.120. The van der Waals surface area contributed by atoms with Crippen molar-refractivity contribution in [1.29, 1.82) is 0 Å². The van der Waals surface area contributed by atoms with Gasteiger partial charge in [0, 0.05) is 56.2 Å². The monoisotopic (exact) mass is 390 g/mol. The number of rotatable bonds is 5. The topological polar surface area (TPSA) is 93.0 Å². The predicted molar refractivity (Wildman–Crippen MR) is 109 cm³/mol. The maximum atomic E-state index is 12.8. The third-order valence-electron chi connectivity index (χ3n) is 5.04. The molecule has 8 heteroatoms. The second kappa shape index (κ2) is 8.22. The number of hydrogen-bond donors (Lipinski definition) is 1. The van der Waals surface area contributed by atoms with E-state index in [2.05, 4.69) is 20.3 Å². The number of aromatic nitrogens is 4. The molecule has 0 radical (unpaired) electrons. The number of benzene rings is 1.